The Labute approximate surface area is 144 Å². The molecule has 0 amide bonds. The number of hydrogen-bond donors (Lipinski definition) is 0. The van der Waals surface area contributed by atoms with Crippen molar-refractivity contribution in [2.75, 3.05) is 18.5 Å². The minimum absolute atomic E-state index is 0.349. The normalized spacial score (nSPS) is 19.2. The van der Waals surface area contributed by atoms with Crippen LogP contribution in [0.15, 0.2) is 18.2 Å². The van der Waals surface area contributed by atoms with Crippen LogP contribution in [0.1, 0.15) is 41.5 Å². The molecule has 1 saturated heterocycles. The highest BCUT2D eigenvalue weighted by molar-refractivity contribution is 6.62. The molecule has 6 heteroatoms. The van der Waals surface area contributed by atoms with Crippen LogP contribution in [0.2, 0.25) is 0 Å². The van der Waals surface area contributed by atoms with Gasteiger partial charge in [0, 0.05) is 13.6 Å². The molecular formula is C18H26BFN2O2. The number of anilines is 1. The first-order chi connectivity index (χ1) is 10.9. The van der Waals surface area contributed by atoms with Crippen molar-refractivity contribution in [1.29, 1.82) is 5.26 Å². The summed E-state index contributed by atoms with van der Waals surface area (Å²) in [5.74, 6) is -0.349. The van der Waals surface area contributed by atoms with Crippen LogP contribution in [0.4, 0.5) is 10.1 Å². The molecule has 1 aromatic carbocycles. The molecule has 2 rings (SSSR count). The average Bonchev–Trinajstić information content (AvgIpc) is 2.66. The van der Waals surface area contributed by atoms with Crippen molar-refractivity contribution < 1.29 is 13.7 Å². The first-order valence-electron chi connectivity index (χ1n) is 8.16. The highest BCUT2D eigenvalue weighted by Gasteiger charge is 2.51. The van der Waals surface area contributed by atoms with Crippen LogP contribution < -0.4 is 10.4 Å². The lowest BCUT2D eigenvalue weighted by molar-refractivity contribution is 0.00578. The minimum Gasteiger partial charge on any atom is -0.399 e. The number of halogens is 1. The van der Waals surface area contributed by atoms with E-state index in [-0.39, 0.29) is 5.82 Å². The van der Waals surface area contributed by atoms with Gasteiger partial charge in [-0.25, -0.2) is 4.39 Å². The maximum absolute atomic E-state index is 14.6. The third kappa shape index (κ3) is 3.58. The van der Waals surface area contributed by atoms with Gasteiger partial charge >= 0.3 is 7.12 Å². The molecule has 0 unspecified atom stereocenters. The Morgan fingerprint density at radius 3 is 2.21 bits per heavy atom. The third-order valence-corrected chi connectivity index (χ3v) is 4.84. The lowest BCUT2D eigenvalue weighted by atomic mass is 9.79. The van der Waals surface area contributed by atoms with Gasteiger partial charge in [0.1, 0.15) is 5.82 Å². The fourth-order valence-electron chi connectivity index (χ4n) is 2.67. The number of rotatable bonds is 4. The molecule has 1 fully saturated rings. The lowest BCUT2D eigenvalue weighted by Gasteiger charge is -2.32. The molecule has 0 atom stereocenters. The molecule has 0 radical (unpaired) electrons. The first-order valence-corrected chi connectivity index (χ1v) is 8.16. The predicted molar refractivity (Wildman–Crippen MR) is 94.8 cm³/mol. The summed E-state index contributed by atoms with van der Waals surface area (Å²) in [7, 11) is 1.20. The standard InChI is InChI=1S/C18H26BFN2O2/c1-16(2,11-21)12-22(7)15-9-8-13(10-14(15)20)19-23-17(3,4)18(5,6)24-19/h8-10H,12H2,1-7H3. The zero-order chi connectivity index (χ0) is 18.3. The highest BCUT2D eigenvalue weighted by atomic mass is 19.1. The quantitative estimate of drug-likeness (QED) is 0.795. The van der Waals surface area contributed by atoms with E-state index in [0.717, 1.165) is 0 Å². The maximum atomic E-state index is 14.6. The van der Waals surface area contributed by atoms with Gasteiger partial charge in [0.15, 0.2) is 0 Å². The number of hydrogen-bond acceptors (Lipinski definition) is 4. The van der Waals surface area contributed by atoms with Crippen molar-refractivity contribution >= 4 is 18.3 Å². The maximum Gasteiger partial charge on any atom is 0.494 e. The van der Waals surface area contributed by atoms with Crippen LogP contribution >= 0.6 is 0 Å². The largest absolute Gasteiger partial charge is 0.494 e. The molecule has 24 heavy (non-hydrogen) atoms. The Kier molecular flexibility index (Phi) is 4.73. The topological polar surface area (TPSA) is 45.5 Å². The molecule has 1 aliphatic heterocycles. The van der Waals surface area contributed by atoms with Gasteiger partial charge in [-0.3, -0.25) is 0 Å². The van der Waals surface area contributed by atoms with E-state index >= 15 is 0 Å². The second kappa shape index (κ2) is 6.05. The van der Waals surface area contributed by atoms with Crippen molar-refractivity contribution in [2.45, 2.75) is 52.7 Å². The fourth-order valence-corrected chi connectivity index (χ4v) is 2.67. The van der Waals surface area contributed by atoms with Crippen molar-refractivity contribution in [3.05, 3.63) is 24.0 Å². The van der Waals surface area contributed by atoms with Gasteiger partial charge in [0.2, 0.25) is 0 Å². The molecule has 0 aromatic heterocycles. The monoisotopic (exact) mass is 332 g/mol. The van der Waals surface area contributed by atoms with Gasteiger partial charge in [-0.05, 0) is 59.1 Å². The molecule has 0 bridgehead atoms. The molecule has 1 aliphatic rings. The summed E-state index contributed by atoms with van der Waals surface area (Å²) in [4.78, 5) is 1.76. The molecule has 1 heterocycles. The van der Waals surface area contributed by atoms with Gasteiger partial charge in [0.05, 0.1) is 28.4 Å². The van der Waals surface area contributed by atoms with Crippen molar-refractivity contribution in [2.24, 2.45) is 5.41 Å². The molecule has 0 aliphatic carbocycles. The van der Waals surface area contributed by atoms with E-state index in [2.05, 4.69) is 6.07 Å². The second-order valence-electron chi connectivity index (χ2n) is 8.15. The Balaban J connectivity index is 2.21. The van der Waals surface area contributed by atoms with Crippen molar-refractivity contribution in [3.63, 3.8) is 0 Å². The molecule has 0 saturated carbocycles. The summed E-state index contributed by atoms with van der Waals surface area (Å²) < 4.78 is 26.5. The van der Waals surface area contributed by atoms with Crippen LogP contribution in [-0.2, 0) is 9.31 Å². The number of benzene rings is 1. The molecule has 4 nitrogen and oxygen atoms in total. The highest BCUT2D eigenvalue weighted by Crippen LogP contribution is 2.36. The summed E-state index contributed by atoms with van der Waals surface area (Å²) in [6, 6.07) is 7.21. The van der Waals surface area contributed by atoms with E-state index in [1.54, 1.807) is 18.0 Å². The summed E-state index contributed by atoms with van der Waals surface area (Å²) in [5.41, 5.74) is -0.353. The summed E-state index contributed by atoms with van der Waals surface area (Å²) in [5, 5.41) is 9.14. The zero-order valence-corrected chi connectivity index (χ0v) is 15.6. The van der Waals surface area contributed by atoms with E-state index in [1.165, 1.54) is 6.07 Å². The Hall–Kier alpha value is -1.58. The second-order valence-corrected chi connectivity index (χ2v) is 8.15. The van der Waals surface area contributed by atoms with Gasteiger partial charge in [-0.1, -0.05) is 6.07 Å². The van der Waals surface area contributed by atoms with Gasteiger partial charge < -0.3 is 14.2 Å². The molecule has 130 valence electrons. The fraction of sp³-hybridized carbons (Fsp3) is 0.611. The summed E-state index contributed by atoms with van der Waals surface area (Å²) in [6.07, 6.45) is 0. The zero-order valence-electron chi connectivity index (χ0n) is 15.6. The van der Waals surface area contributed by atoms with E-state index in [0.29, 0.717) is 17.7 Å². The van der Waals surface area contributed by atoms with Gasteiger partial charge in [-0.15, -0.1) is 0 Å². The third-order valence-electron chi connectivity index (χ3n) is 4.84. The number of nitriles is 1. The Morgan fingerprint density at radius 2 is 1.75 bits per heavy atom. The average molecular weight is 332 g/mol. The van der Waals surface area contributed by atoms with Crippen LogP contribution in [0.25, 0.3) is 0 Å². The van der Waals surface area contributed by atoms with Crippen LogP contribution in [0.3, 0.4) is 0 Å². The predicted octanol–water partition coefficient (Wildman–Crippen LogP) is 3.11. The van der Waals surface area contributed by atoms with Crippen molar-refractivity contribution in [1.82, 2.24) is 0 Å². The molecule has 1 aromatic rings. The Morgan fingerprint density at radius 1 is 1.21 bits per heavy atom. The minimum atomic E-state index is -0.584. The van der Waals surface area contributed by atoms with Crippen LogP contribution in [-0.4, -0.2) is 31.9 Å². The number of nitrogens with zero attached hydrogens (tertiary/aromatic N) is 2. The molecule has 0 spiro atoms. The molecular weight excluding hydrogens is 306 g/mol. The van der Waals surface area contributed by atoms with Crippen LogP contribution in [0, 0.1) is 22.6 Å². The lowest BCUT2D eigenvalue weighted by Crippen LogP contribution is -2.41. The van der Waals surface area contributed by atoms with E-state index < -0.39 is 23.7 Å². The van der Waals surface area contributed by atoms with Gasteiger partial charge in [0.25, 0.3) is 0 Å². The summed E-state index contributed by atoms with van der Waals surface area (Å²) >= 11 is 0. The molecule has 0 N–H and O–H groups in total. The van der Waals surface area contributed by atoms with Crippen molar-refractivity contribution in [3.8, 4) is 6.07 Å². The van der Waals surface area contributed by atoms with E-state index in [9.17, 15) is 4.39 Å². The Bertz CT molecular complexity index is 651. The van der Waals surface area contributed by atoms with Crippen LogP contribution in [0.5, 0.6) is 0 Å². The summed E-state index contributed by atoms with van der Waals surface area (Å²) in [6.45, 7) is 12.0. The van der Waals surface area contributed by atoms with E-state index in [1.807, 2.05) is 47.6 Å². The smallest absolute Gasteiger partial charge is 0.399 e. The van der Waals surface area contributed by atoms with E-state index in [4.69, 9.17) is 14.6 Å². The van der Waals surface area contributed by atoms with Gasteiger partial charge in [-0.2, -0.15) is 5.26 Å². The SMILES string of the molecule is CN(CC(C)(C)C#N)c1ccc(B2OC(C)(C)C(C)(C)O2)cc1F. The first kappa shape index (κ1) is 18.8.